The minimum Gasteiger partial charge on any atom is -0.443 e. The second kappa shape index (κ2) is 4.35. The van der Waals surface area contributed by atoms with Crippen molar-refractivity contribution in [1.29, 1.82) is 0 Å². The lowest BCUT2D eigenvalue weighted by Gasteiger charge is -2.10. The Balaban J connectivity index is 2.22. The van der Waals surface area contributed by atoms with E-state index in [1.807, 2.05) is 13.8 Å². The highest BCUT2D eigenvalue weighted by Crippen LogP contribution is 2.14. The molecule has 0 saturated heterocycles. The number of rotatable bonds is 3. The molecule has 0 fully saturated rings. The number of carbonyl (C=O) groups is 1. The third-order valence-electron chi connectivity index (χ3n) is 2.58. The molecule has 1 heterocycles. The van der Waals surface area contributed by atoms with Crippen LogP contribution >= 0.6 is 0 Å². The van der Waals surface area contributed by atoms with Crippen molar-refractivity contribution in [2.75, 3.05) is 0 Å². The molecule has 0 radical (unpaired) electrons. The second-order valence-electron chi connectivity index (χ2n) is 3.82. The number of nitrogens with zero attached hydrogens (tertiary/aromatic N) is 1. The molecule has 4 nitrogen and oxygen atoms in total. The van der Waals surface area contributed by atoms with Gasteiger partial charge in [-0.1, -0.05) is 6.92 Å². The maximum Gasteiger partial charge on any atom is 0.251 e. The van der Waals surface area contributed by atoms with Gasteiger partial charge >= 0.3 is 0 Å². The SMILES string of the molecule is CCC(C)NC(=O)c1ccc2ncoc2c1. The summed E-state index contributed by atoms with van der Waals surface area (Å²) in [6.07, 6.45) is 2.29. The number of carbonyl (C=O) groups excluding carboxylic acids is 1. The summed E-state index contributed by atoms with van der Waals surface area (Å²) in [5.41, 5.74) is 2.00. The monoisotopic (exact) mass is 218 g/mol. The number of aromatic nitrogens is 1. The van der Waals surface area contributed by atoms with E-state index in [-0.39, 0.29) is 11.9 Å². The molecule has 1 aromatic heterocycles. The standard InChI is InChI=1S/C12H14N2O2/c1-3-8(2)14-12(15)9-4-5-10-11(6-9)16-7-13-10/h4-8H,3H2,1-2H3,(H,14,15). The van der Waals surface area contributed by atoms with Gasteiger partial charge in [0.15, 0.2) is 12.0 Å². The molecule has 1 N–H and O–H groups in total. The molecule has 2 aromatic rings. The molecule has 0 saturated carbocycles. The molecule has 0 aliphatic carbocycles. The summed E-state index contributed by atoms with van der Waals surface area (Å²) >= 11 is 0. The number of oxazole rings is 1. The lowest BCUT2D eigenvalue weighted by Crippen LogP contribution is -2.31. The Bertz CT molecular complexity index is 504. The number of hydrogen-bond donors (Lipinski definition) is 1. The molecule has 0 aliphatic rings. The first-order chi connectivity index (χ1) is 7.70. The molecular weight excluding hydrogens is 204 g/mol. The van der Waals surface area contributed by atoms with Gasteiger partial charge in [-0.3, -0.25) is 4.79 Å². The number of hydrogen-bond acceptors (Lipinski definition) is 3. The van der Waals surface area contributed by atoms with E-state index in [2.05, 4.69) is 10.3 Å². The highest BCUT2D eigenvalue weighted by molar-refractivity contribution is 5.97. The van der Waals surface area contributed by atoms with Crippen LogP contribution in [0.5, 0.6) is 0 Å². The van der Waals surface area contributed by atoms with Gasteiger partial charge in [0.1, 0.15) is 5.52 Å². The van der Waals surface area contributed by atoms with E-state index < -0.39 is 0 Å². The average molecular weight is 218 g/mol. The maximum atomic E-state index is 11.8. The smallest absolute Gasteiger partial charge is 0.251 e. The minimum atomic E-state index is -0.0762. The number of nitrogens with one attached hydrogen (secondary N) is 1. The van der Waals surface area contributed by atoms with Gasteiger partial charge in [0, 0.05) is 11.6 Å². The molecule has 0 bridgehead atoms. The first-order valence-electron chi connectivity index (χ1n) is 5.35. The highest BCUT2D eigenvalue weighted by atomic mass is 16.3. The molecule has 1 unspecified atom stereocenters. The fourth-order valence-electron chi connectivity index (χ4n) is 1.41. The van der Waals surface area contributed by atoms with Crippen LogP contribution in [0.1, 0.15) is 30.6 Å². The van der Waals surface area contributed by atoms with E-state index >= 15 is 0 Å². The van der Waals surface area contributed by atoms with E-state index in [1.54, 1.807) is 18.2 Å². The molecule has 1 atom stereocenters. The van der Waals surface area contributed by atoms with Crippen LogP contribution in [-0.2, 0) is 0 Å². The van der Waals surface area contributed by atoms with Crippen molar-refractivity contribution in [1.82, 2.24) is 10.3 Å². The predicted molar refractivity (Wildman–Crippen MR) is 61.2 cm³/mol. The Hall–Kier alpha value is -1.84. The summed E-state index contributed by atoms with van der Waals surface area (Å²) in [4.78, 5) is 15.8. The molecule has 16 heavy (non-hydrogen) atoms. The summed E-state index contributed by atoms with van der Waals surface area (Å²) in [6.45, 7) is 4.01. The van der Waals surface area contributed by atoms with Gasteiger partial charge in [-0.05, 0) is 31.5 Å². The van der Waals surface area contributed by atoms with E-state index in [1.165, 1.54) is 6.39 Å². The zero-order valence-electron chi connectivity index (χ0n) is 9.36. The van der Waals surface area contributed by atoms with Crippen LogP contribution in [0.15, 0.2) is 29.0 Å². The molecule has 84 valence electrons. The van der Waals surface area contributed by atoms with Crippen molar-refractivity contribution in [3.05, 3.63) is 30.2 Å². The highest BCUT2D eigenvalue weighted by Gasteiger charge is 2.10. The van der Waals surface area contributed by atoms with Crippen molar-refractivity contribution >= 4 is 17.0 Å². The molecular formula is C12H14N2O2. The topological polar surface area (TPSA) is 55.1 Å². The Kier molecular flexibility index (Phi) is 2.90. The number of fused-ring (bicyclic) bond motifs is 1. The third kappa shape index (κ3) is 2.05. The second-order valence-corrected chi connectivity index (χ2v) is 3.82. The lowest BCUT2D eigenvalue weighted by molar-refractivity contribution is 0.0939. The molecule has 0 aliphatic heterocycles. The van der Waals surface area contributed by atoms with Crippen molar-refractivity contribution in [2.45, 2.75) is 26.3 Å². The fourth-order valence-corrected chi connectivity index (χ4v) is 1.41. The van der Waals surface area contributed by atoms with E-state index in [0.717, 1.165) is 11.9 Å². The number of benzene rings is 1. The van der Waals surface area contributed by atoms with Crippen molar-refractivity contribution in [3.8, 4) is 0 Å². The van der Waals surface area contributed by atoms with Gasteiger partial charge in [0.05, 0.1) is 0 Å². The van der Waals surface area contributed by atoms with Crippen LogP contribution in [0.2, 0.25) is 0 Å². The van der Waals surface area contributed by atoms with Crippen LogP contribution in [0.25, 0.3) is 11.1 Å². The van der Waals surface area contributed by atoms with Crippen LogP contribution in [0.4, 0.5) is 0 Å². The van der Waals surface area contributed by atoms with Crippen LogP contribution in [0.3, 0.4) is 0 Å². The maximum absolute atomic E-state index is 11.8. The van der Waals surface area contributed by atoms with Crippen LogP contribution in [0, 0.1) is 0 Å². The van der Waals surface area contributed by atoms with Crippen LogP contribution in [-0.4, -0.2) is 16.9 Å². The molecule has 0 spiro atoms. The van der Waals surface area contributed by atoms with Crippen molar-refractivity contribution < 1.29 is 9.21 Å². The minimum absolute atomic E-state index is 0.0762. The summed E-state index contributed by atoms with van der Waals surface area (Å²) in [5.74, 6) is -0.0762. The molecule has 1 aromatic carbocycles. The summed E-state index contributed by atoms with van der Waals surface area (Å²) in [5, 5.41) is 2.90. The van der Waals surface area contributed by atoms with Crippen molar-refractivity contribution in [2.24, 2.45) is 0 Å². The zero-order valence-corrected chi connectivity index (χ0v) is 9.36. The van der Waals surface area contributed by atoms with Crippen molar-refractivity contribution in [3.63, 3.8) is 0 Å². The quantitative estimate of drug-likeness (QED) is 0.860. The first kappa shape index (κ1) is 10.7. The molecule has 1 amide bonds. The zero-order chi connectivity index (χ0) is 11.5. The van der Waals surface area contributed by atoms with Gasteiger partial charge in [-0.2, -0.15) is 0 Å². The van der Waals surface area contributed by atoms with Crippen LogP contribution < -0.4 is 5.32 Å². The third-order valence-corrected chi connectivity index (χ3v) is 2.58. The van der Waals surface area contributed by atoms with Gasteiger partial charge in [-0.15, -0.1) is 0 Å². The van der Waals surface area contributed by atoms with Gasteiger partial charge in [0.2, 0.25) is 0 Å². The summed E-state index contributed by atoms with van der Waals surface area (Å²) < 4.78 is 5.15. The lowest BCUT2D eigenvalue weighted by atomic mass is 10.1. The average Bonchev–Trinajstić information content (AvgIpc) is 2.75. The Labute approximate surface area is 93.7 Å². The van der Waals surface area contributed by atoms with Gasteiger partial charge in [-0.25, -0.2) is 4.98 Å². The largest absolute Gasteiger partial charge is 0.443 e. The Morgan fingerprint density at radius 2 is 2.38 bits per heavy atom. The number of amides is 1. The van der Waals surface area contributed by atoms with E-state index in [9.17, 15) is 4.79 Å². The van der Waals surface area contributed by atoms with Gasteiger partial charge < -0.3 is 9.73 Å². The normalized spacial score (nSPS) is 12.6. The van der Waals surface area contributed by atoms with E-state index in [0.29, 0.717) is 11.1 Å². The fraction of sp³-hybridized carbons (Fsp3) is 0.333. The molecule has 4 heteroatoms. The molecule has 2 rings (SSSR count). The summed E-state index contributed by atoms with van der Waals surface area (Å²) in [6, 6.07) is 5.42. The van der Waals surface area contributed by atoms with Gasteiger partial charge in [0.25, 0.3) is 5.91 Å². The first-order valence-corrected chi connectivity index (χ1v) is 5.35. The Morgan fingerprint density at radius 1 is 1.56 bits per heavy atom. The van der Waals surface area contributed by atoms with E-state index in [4.69, 9.17) is 4.42 Å². The Morgan fingerprint density at radius 3 is 3.12 bits per heavy atom. The summed E-state index contributed by atoms with van der Waals surface area (Å²) in [7, 11) is 0. The predicted octanol–water partition coefficient (Wildman–Crippen LogP) is 2.36.